The van der Waals surface area contributed by atoms with Gasteiger partial charge in [-0.25, -0.2) is 0 Å². The van der Waals surface area contributed by atoms with E-state index in [9.17, 15) is 0 Å². The molecule has 110 valence electrons. The first kappa shape index (κ1) is 15.3. The zero-order valence-electron chi connectivity index (χ0n) is 13.5. The molecule has 0 aliphatic carbocycles. The zero-order chi connectivity index (χ0) is 15.2. The van der Waals surface area contributed by atoms with Gasteiger partial charge in [0.2, 0.25) is 0 Å². The van der Waals surface area contributed by atoms with Gasteiger partial charge in [0, 0.05) is 6.20 Å². The van der Waals surface area contributed by atoms with Crippen molar-refractivity contribution in [3.8, 4) is 5.75 Å². The highest BCUT2D eigenvalue weighted by atomic mass is 16.7. The topological polar surface area (TPSA) is 40.6 Å². The first-order valence-electron chi connectivity index (χ1n) is 7.01. The van der Waals surface area contributed by atoms with Crippen LogP contribution in [0.1, 0.15) is 48.5 Å². The summed E-state index contributed by atoms with van der Waals surface area (Å²) in [5.41, 5.74) is -0.222. The van der Waals surface area contributed by atoms with E-state index in [0.29, 0.717) is 0 Å². The summed E-state index contributed by atoms with van der Waals surface area (Å²) in [5, 5.41) is 0. The van der Waals surface area contributed by atoms with Crippen molar-refractivity contribution < 1.29 is 14.0 Å². The number of aromatic nitrogens is 1. The molecule has 1 saturated heterocycles. The summed E-state index contributed by atoms with van der Waals surface area (Å²) < 4.78 is 17.8. The number of ether oxygens (including phenoxy) is 1. The summed E-state index contributed by atoms with van der Waals surface area (Å²) in [7, 11) is -0.455. The SMILES string of the molecule is CC(C)(C)Oc1ccnc(B2OC(C)(C)C(C)(C)O2)c1. The minimum absolute atomic E-state index is 0.242. The first-order valence-corrected chi connectivity index (χ1v) is 7.01. The Balaban J connectivity index is 2.21. The minimum atomic E-state index is -0.455. The lowest BCUT2D eigenvalue weighted by Crippen LogP contribution is -2.41. The van der Waals surface area contributed by atoms with Crippen LogP contribution in [0.3, 0.4) is 0 Å². The van der Waals surface area contributed by atoms with E-state index in [1.807, 2.05) is 60.6 Å². The summed E-state index contributed by atoms with van der Waals surface area (Å²) in [6, 6.07) is 3.73. The molecule has 0 unspecified atom stereocenters. The maximum Gasteiger partial charge on any atom is 0.514 e. The molecule has 1 aliphatic rings. The molecular formula is C15H24BNO3. The summed E-state index contributed by atoms with van der Waals surface area (Å²) in [6.07, 6.45) is 1.72. The fraction of sp³-hybridized carbons (Fsp3) is 0.667. The van der Waals surface area contributed by atoms with Crippen molar-refractivity contribution in [3.05, 3.63) is 18.3 Å². The Kier molecular flexibility index (Phi) is 3.63. The molecule has 1 aromatic heterocycles. The molecule has 0 spiro atoms. The zero-order valence-corrected chi connectivity index (χ0v) is 13.5. The molecule has 0 atom stereocenters. The molecule has 0 saturated carbocycles. The average Bonchev–Trinajstić information content (AvgIpc) is 2.46. The lowest BCUT2D eigenvalue weighted by molar-refractivity contribution is 0.00578. The van der Waals surface area contributed by atoms with Gasteiger partial charge in [0.1, 0.15) is 11.4 Å². The van der Waals surface area contributed by atoms with Crippen molar-refractivity contribution in [2.24, 2.45) is 0 Å². The summed E-state index contributed by atoms with van der Waals surface area (Å²) >= 11 is 0. The fourth-order valence-electron chi connectivity index (χ4n) is 1.94. The highest BCUT2D eigenvalue weighted by Gasteiger charge is 2.52. The van der Waals surface area contributed by atoms with Crippen LogP contribution in [0.2, 0.25) is 0 Å². The fourth-order valence-corrected chi connectivity index (χ4v) is 1.94. The Labute approximate surface area is 122 Å². The quantitative estimate of drug-likeness (QED) is 0.779. The number of hydrogen-bond donors (Lipinski definition) is 0. The standard InChI is InChI=1S/C15H24BNO3/c1-13(2,3)18-11-8-9-17-12(10-11)16-19-14(4,5)15(6,7)20-16/h8-10H,1-7H3. The summed E-state index contributed by atoms with van der Waals surface area (Å²) in [6.45, 7) is 14.2. The van der Waals surface area contributed by atoms with Crippen LogP contribution in [0.25, 0.3) is 0 Å². The van der Waals surface area contributed by atoms with E-state index in [2.05, 4.69) is 4.98 Å². The van der Waals surface area contributed by atoms with Gasteiger partial charge in [0.25, 0.3) is 0 Å². The van der Waals surface area contributed by atoms with Gasteiger partial charge in [0.05, 0.1) is 16.8 Å². The van der Waals surface area contributed by atoms with Crippen molar-refractivity contribution in [3.63, 3.8) is 0 Å². The van der Waals surface area contributed by atoms with E-state index in [4.69, 9.17) is 14.0 Å². The Morgan fingerprint density at radius 3 is 2.15 bits per heavy atom. The van der Waals surface area contributed by atoms with Crippen LogP contribution >= 0.6 is 0 Å². The third kappa shape index (κ3) is 3.15. The predicted octanol–water partition coefficient (Wildman–Crippen LogP) is 2.56. The molecule has 0 aromatic carbocycles. The summed E-state index contributed by atoms with van der Waals surface area (Å²) in [4.78, 5) is 4.35. The Bertz CT molecular complexity index is 478. The second-order valence-electron chi connectivity index (χ2n) is 7.22. The molecule has 2 heterocycles. The van der Waals surface area contributed by atoms with E-state index in [-0.39, 0.29) is 16.8 Å². The second-order valence-corrected chi connectivity index (χ2v) is 7.22. The maximum atomic E-state index is 5.99. The minimum Gasteiger partial charge on any atom is -0.488 e. The highest BCUT2D eigenvalue weighted by molar-refractivity contribution is 6.61. The number of pyridine rings is 1. The molecule has 1 fully saturated rings. The van der Waals surface area contributed by atoms with Gasteiger partial charge >= 0.3 is 7.12 Å². The smallest absolute Gasteiger partial charge is 0.488 e. The second kappa shape index (κ2) is 4.74. The normalized spacial score (nSPS) is 21.1. The molecule has 1 aliphatic heterocycles. The van der Waals surface area contributed by atoms with E-state index in [0.717, 1.165) is 11.3 Å². The molecule has 20 heavy (non-hydrogen) atoms. The molecule has 2 rings (SSSR count). The van der Waals surface area contributed by atoms with Crippen LogP contribution in [0, 0.1) is 0 Å². The van der Waals surface area contributed by atoms with Crippen LogP contribution in [0.4, 0.5) is 0 Å². The van der Waals surface area contributed by atoms with Crippen LogP contribution in [-0.2, 0) is 9.31 Å². The van der Waals surface area contributed by atoms with Crippen LogP contribution in [-0.4, -0.2) is 28.9 Å². The molecule has 0 radical (unpaired) electrons. The monoisotopic (exact) mass is 277 g/mol. The third-order valence-corrected chi connectivity index (χ3v) is 3.67. The Morgan fingerprint density at radius 1 is 1.10 bits per heavy atom. The molecule has 0 bridgehead atoms. The number of rotatable bonds is 2. The van der Waals surface area contributed by atoms with Gasteiger partial charge in [-0.05, 0) is 60.6 Å². The Hall–Kier alpha value is -1.07. The maximum absolute atomic E-state index is 5.99. The van der Waals surface area contributed by atoms with Crippen LogP contribution in [0.5, 0.6) is 5.75 Å². The summed E-state index contributed by atoms with van der Waals surface area (Å²) in [5.74, 6) is 0.775. The molecule has 0 N–H and O–H groups in total. The van der Waals surface area contributed by atoms with Crippen LogP contribution < -0.4 is 10.3 Å². The number of hydrogen-bond acceptors (Lipinski definition) is 4. The molecule has 4 nitrogen and oxygen atoms in total. The average molecular weight is 277 g/mol. The van der Waals surface area contributed by atoms with E-state index < -0.39 is 7.12 Å². The molecule has 0 amide bonds. The van der Waals surface area contributed by atoms with Gasteiger partial charge in [-0.1, -0.05) is 0 Å². The van der Waals surface area contributed by atoms with Crippen molar-refractivity contribution in [2.75, 3.05) is 0 Å². The first-order chi connectivity index (χ1) is 9.00. The van der Waals surface area contributed by atoms with Gasteiger partial charge in [-0.2, -0.15) is 0 Å². The van der Waals surface area contributed by atoms with Gasteiger partial charge in [0.15, 0.2) is 0 Å². The molecular weight excluding hydrogens is 253 g/mol. The van der Waals surface area contributed by atoms with Gasteiger partial charge in [-0.3, -0.25) is 4.98 Å². The van der Waals surface area contributed by atoms with E-state index in [1.54, 1.807) is 6.20 Å². The Morgan fingerprint density at radius 2 is 1.65 bits per heavy atom. The van der Waals surface area contributed by atoms with E-state index in [1.165, 1.54) is 0 Å². The van der Waals surface area contributed by atoms with Crippen LogP contribution in [0.15, 0.2) is 18.3 Å². The highest BCUT2D eigenvalue weighted by Crippen LogP contribution is 2.36. The van der Waals surface area contributed by atoms with Crippen molar-refractivity contribution >= 4 is 12.7 Å². The molecule has 5 heteroatoms. The van der Waals surface area contributed by atoms with Crippen molar-refractivity contribution in [1.82, 2.24) is 4.98 Å². The third-order valence-electron chi connectivity index (χ3n) is 3.67. The van der Waals surface area contributed by atoms with Gasteiger partial charge in [-0.15, -0.1) is 0 Å². The lowest BCUT2D eigenvalue weighted by atomic mass is 9.84. The van der Waals surface area contributed by atoms with E-state index >= 15 is 0 Å². The predicted molar refractivity (Wildman–Crippen MR) is 80.3 cm³/mol. The number of nitrogens with zero attached hydrogens (tertiary/aromatic N) is 1. The van der Waals surface area contributed by atoms with Crippen molar-refractivity contribution in [1.29, 1.82) is 0 Å². The largest absolute Gasteiger partial charge is 0.514 e. The van der Waals surface area contributed by atoms with Crippen molar-refractivity contribution in [2.45, 2.75) is 65.3 Å². The van der Waals surface area contributed by atoms with Gasteiger partial charge < -0.3 is 14.0 Å². The lowest BCUT2D eigenvalue weighted by Gasteiger charge is -2.32. The molecule has 1 aromatic rings.